The van der Waals surface area contributed by atoms with E-state index in [9.17, 15) is 0 Å². The first-order valence-electron chi connectivity index (χ1n) is 6.25. The topological polar surface area (TPSA) is 12.0 Å². The van der Waals surface area contributed by atoms with E-state index in [1.165, 1.54) is 36.9 Å². The number of rotatable bonds is 2. The van der Waals surface area contributed by atoms with Gasteiger partial charge in [0.25, 0.3) is 0 Å². The van der Waals surface area contributed by atoms with E-state index in [0.29, 0.717) is 6.04 Å². The number of fused-ring (bicyclic) bond motifs is 2. The first-order chi connectivity index (χ1) is 7.74. The summed E-state index contributed by atoms with van der Waals surface area (Å²) in [6.07, 6.45) is 5.67. The van der Waals surface area contributed by atoms with Crippen LogP contribution in [0.3, 0.4) is 0 Å². The van der Waals surface area contributed by atoms with Crippen molar-refractivity contribution in [2.45, 2.75) is 38.6 Å². The van der Waals surface area contributed by atoms with Crippen molar-refractivity contribution in [3.63, 3.8) is 0 Å². The van der Waals surface area contributed by atoms with Crippen LogP contribution in [-0.4, -0.2) is 6.04 Å². The molecule has 0 aromatic heterocycles. The highest BCUT2D eigenvalue weighted by atomic mass is 35.5. The van der Waals surface area contributed by atoms with Gasteiger partial charge >= 0.3 is 0 Å². The lowest BCUT2D eigenvalue weighted by Crippen LogP contribution is -2.26. The summed E-state index contributed by atoms with van der Waals surface area (Å²) in [4.78, 5) is 0. The number of anilines is 1. The Morgan fingerprint density at radius 1 is 1.25 bits per heavy atom. The highest BCUT2D eigenvalue weighted by molar-refractivity contribution is 6.31. The van der Waals surface area contributed by atoms with Crippen molar-refractivity contribution in [2.75, 3.05) is 5.32 Å². The number of hydrogen-bond acceptors (Lipinski definition) is 1. The Kier molecular flexibility index (Phi) is 2.59. The molecule has 2 aliphatic rings. The summed E-state index contributed by atoms with van der Waals surface area (Å²) in [5.74, 6) is 1.89. The van der Waals surface area contributed by atoms with Crippen LogP contribution in [0.2, 0.25) is 5.02 Å². The van der Waals surface area contributed by atoms with Crippen molar-refractivity contribution in [1.82, 2.24) is 0 Å². The molecule has 3 rings (SSSR count). The molecule has 1 aromatic carbocycles. The van der Waals surface area contributed by atoms with Crippen molar-refractivity contribution in [3.05, 3.63) is 28.8 Å². The second-order valence-corrected chi connectivity index (χ2v) is 5.75. The summed E-state index contributed by atoms with van der Waals surface area (Å²) in [6, 6.07) is 6.83. The molecule has 2 heteroatoms. The fraction of sp³-hybridized carbons (Fsp3) is 0.571. The Morgan fingerprint density at radius 3 is 2.81 bits per heavy atom. The van der Waals surface area contributed by atoms with Crippen molar-refractivity contribution < 1.29 is 0 Å². The monoisotopic (exact) mass is 235 g/mol. The molecule has 3 unspecified atom stereocenters. The van der Waals surface area contributed by atoms with Gasteiger partial charge in [-0.3, -0.25) is 0 Å². The standard InChI is InChI=1S/C14H18ClN/c1-9-12(15)3-2-4-13(9)16-14-8-10-5-6-11(14)7-10/h2-4,10-11,14,16H,5-8H2,1H3. The maximum Gasteiger partial charge on any atom is 0.0455 e. The molecule has 0 spiro atoms. The number of nitrogens with one attached hydrogen (secondary N) is 1. The van der Waals surface area contributed by atoms with Crippen LogP contribution in [0.15, 0.2) is 18.2 Å². The average Bonchev–Trinajstić information content (AvgIpc) is 2.86. The van der Waals surface area contributed by atoms with Crippen molar-refractivity contribution in [2.24, 2.45) is 11.8 Å². The Hall–Kier alpha value is -0.690. The molecule has 0 amide bonds. The fourth-order valence-corrected chi connectivity index (χ4v) is 3.56. The zero-order valence-electron chi connectivity index (χ0n) is 9.67. The van der Waals surface area contributed by atoms with Crippen LogP contribution in [0.1, 0.15) is 31.2 Å². The quantitative estimate of drug-likeness (QED) is 0.808. The Balaban J connectivity index is 1.77. The largest absolute Gasteiger partial charge is 0.382 e. The lowest BCUT2D eigenvalue weighted by atomic mass is 9.95. The van der Waals surface area contributed by atoms with Gasteiger partial charge in [-0.2, -0.15) is 0 Å². The van der Waals surface area contributed by atoms with E-state index < -0.39 is 0 Å². The predicted octanol–water partition coefficient (Wildman–Crippen LogP) is 4.25. The summed E-state index contributed by atoms with van der Waals surface area (Å²) in [5.41, 5.74) is 2.41. The third-order valence-corrected chi connectivity index (χ3v) is 4.76. The average molecular weight is 236 g/mol. The van der Waals surface area contributed by atoms with Crippen LogP contribution in [0, 0.1) is 18.8 Å². The highest BCUT2D eigenvalue weighted by Gasteiger charge is 2.39. The Morgan fingerprint density at radius 2 is 2.12 bits per heavy atom. The fourth-order valence-electron chi connectivity index (χ4n) is 3.39. The molecule has 2 saturated carbocycles. The van der Waals surface area contributed by atoms with Crippen molar-refractivity contribution in [3.8, 4) is 0 Å². The van der Waals surface area contributed by atoms with E-state index in [1.807, 2.05) is 12.1 Å². The van der Waals surface area contributed by atoms with Gasteiger partial charge in [0, 0.05) is 16.8 Å². The Labute approximate surface area is 102 Å². The van der Waals surface area contributed by atoms with Crippen molar-refractivity contribution in [1.29, 1.82) is 0 Å². The lowest BCUT2D eigenvalue weighted by Gasteiger charge is -2.25. The van der Waals surface area contributed by atoms with Crippen LogP contribution < -0.4 is 5.32 Å². The highest BCUT2D eigenvalue weighted by Crippen LogP contribution is 2.45. The van der Waals surface area contributed by atoms with Crippen LogP contribution in [0.5, 0.6) is 0 Å². The number of halogens is 1. The van der Waals surface area contributed by atoms with Gasteiger partial charge in [-0.25, -0.2) is 0 Å². The molecular formula is C14H18ClN. The normalized spacial score (nSPS) is 32.0. The molecule has 0 heterocycles. The first-order valence-corrected chi connectivity index (χ1v) is 6.63. The third-order valence-electron chi connectivity index (χ3n) is 4.35. The second kappa shape index (κ2) is 3.96. The summed E-state index contributed by atoms with van der Waals surface area (Å²) in [5, 5.41) is 4.57. The summed E-state index contributed by atoms with van der Waals surface area (Å²) in [6.45, 7) is 2.10. The number of hydrogen-bond donors (Lipinski definition) is 1. The zero-order chi connectivity index (χ0) is 11.1. The van der Waals surface area contributed by atoms with Gasteiger partial charge in [0.2, 0.25) is 0 Å². The van der Waals surface area contributed by atoms with Gasteiger partial charge in [0.1, 0.15) is 0 Å². The van der Waals surface area contributed by atoms with E-state index in [-0.39, 0.29) is 0 Å². The minimum absolute atomic E-state index is 0.691. The molecule has 16 heavy (non-hydrogen) atoms. The van der Waals surface area contributed by atoms with Gasteiger partial charge in [-0.1, -0.05) is 24.1 Å². The summed E-state index contributed by atoms with van der Waals surface area (Å²) < 4.78 is 0. The van der Waals surface area contributed by atoms with Gasteiger partial charge in [-0.05, 0) is 55.7 Å². The van der Waals surface area contributed by atoms with Crippen LogP contribution in [-0.2, 0) is 0 Å². The molecule has 1 N–H and O–H groups in total. The molecule has 86 valence electrons. The Bertz CT molecular complexity index is 402. The third kappa shape index (κ3) is 1.71. The summed E-state index contributed by atoms with van der Waals surface area (Å²) >= 11 is 6.14. The molecule has 2 aliphatic carbocycles. The van der Waals surface area contributed by atoms with E-state index >= 15 is 0 Å². The molecule has 1 nitrogen and oxygen atoms in total. The molecule has 0 saturated heterocycles. The van der Waals surface area contributed by atoms with Crippen molar-refractivity contribution >= 4 is 17.3 Å². The maximum atomic E-state index is 6.14. The summed E-state index contributed by atoms with van der Waals surface area (Å²) in [7, 11) is 0. The van der Waals surface area contributed by atoms with Gasteiger partial charge in [0.05, 0.1) is 0 Å². The van der Waals surface area contributed by atoms with Gasteiger partial charge in [-0.15, -0.1) is 0 Å². The minimum atomic E-state index is 0.691. The number of benzene rings is 1. The molecule has 0 aliphatic heterocycles. The van der Waals surface area contributed by atoms with Crippen LogP contribution in [0.25, 0.3) is 0 Å². The molecule has 3 atom stereocenters. The van der Waals surface area contributed by atoms with Gasteiger partial charge in [0.15, 0.2) is 0 Å². The molecule has 2 bridgehead atoms. The molecule has 1 aromatic rings. The van der Waals surface area contributed by atoms with E-state index in [4.69, 9.17) is 11.6 Å². The van der Waals surface area contributed by atoms with E-state index in [0.717, 1.165) is 16.9 Å². The lowest BCUT2D eigenvalue weighted by molar-refractivity contribution is 0.439. The van der Waals surface area contributed by atoms with E-state index in [2.05, 4.69) is 18.3 Å². The smallest absolute Gasteiger partial charge is 0.0455 e. The minimum Gasteiger partial charge on any atom is -0.382 e. The first kappa shape index (κ1) is 10.5. The molecule has 2 fully saturated rings. The zero-order valence-corrected chi connectivity index (χ0v) is 10.4. The maximum absolute atomic E-state index is 6.14. The molecular weight excluding hydrogens is 218 g/mol. The molecule has 0 radical (unpaired) electrons. The van der Waals surface area contributed by atoms with Crippen LogP contribution >= 0.6 is 11.6 Å². The predicted molar refractivity (Wildman–Crippen MR) is 69.0 cm³/mol. The van der Waals surface area contributed by atoms with Crippen LogP contribution in [0.4, 0.5) is 5.69 Å². The van der Waals surface area contributed by atoms with Gasteiger partial charge < -0.3 is 5.32 Å². The van der Waals surface area contributed by atoms with E-state index in [1.54, 1.807) is 0 Å². The second-order valence-electron chi connectivity index (χ2n) is 5.34. The SMILES string of the molecule is Cc1c(Cl)cccc1NC1CC2CCC1C2.